The molecule has 6 nitrogen and oxygen atoms in total. The number of fused-ring (bicyclic) bond motifs is 2. The number of phenols is 1. The maximum Gasteiger partial charge on any atom is 0.341 e. The van der Waals surface area contributed by atoms with Crippen molar-refractivity contribution in [2.75, 3.05) is 7.11 Å². The summed E-state index contributed by atoms with van der Waals surface area (Å²) in [6.45, 7) is -0.149. The van der Waals surface area contributed by atoms with Crippen LogP contribution >= 0.6 is 0 Å². The number of ether oxygens (including phenoxy) is 1. The van der Waals surface area contributed by atoms with Crippen molar-refractivity contribution in [3.8, 4) is 5.75 Å². The second kappa shape index (κ2) is 6.25. The van der Waals surface area contributed by atoms with Crippen LogP contribution in [-0.2, 0) is 11.3 Å². The number of rotatable bonds is 3. The van der Waals surface area contributed by atoms with Gasteiger partial charge in [-0.25, -0.2) is 4.79 Å². The highest BCUT2D eigenvalue weighted by atomic mass is 16.5. The Kier molecular flexibility index (Phi) is 3.88. The molecule has 0 bridgehead atoms. The summed E-state index contributed by atoms with van der Waals surface area (Å²) in [6.07, 6.45) is 0. The standard InChI is InChI=1S/C21H15NO5/c1-27-21(26)16-10-12-6-2-3-7-13(12)17(18(16)23)11-22-19(24)14-8-4-5-9-15(14)20(22)25/h2-10,23H,11H2,1H3. The molecule has 27 heavy (non-hydrogen) atoms. The first-order valence-corrected chi connectivity index (χ1v) is 8.30. The molecule has 2 amide bonds. The fourth-order valence-electron chi connectivity index (χ4n) is 3.38. The Hall–Kier alpha value is -3.67. The van der Waals surface area contributed by atoms with E-state index in [4.69, 9.17) is 4.74 Å². The van der Waals surface area contributed by atoms with E-state index in [9.17, 15) is 19.5 Å². The Morgan fingerprint density at radius 3 is 2.22 bits per heavy atom. The van der Waals surface area contributed by atoms with Gasteiger partial charge in [-0.05, 0) is 29.0 Å². The third-order valence-electron chi connectivity index (χ3n) is 4.73. The van der Waals surface area contributed by atoms with Gasteiger partial charge in [0.2, 0.25) is 0 Å². The van der Waals surface area contributed by atoms with Crippen molar-refractivity contribution in [3.05, 3.63) is 76.9 Å². The van der Waals surface area contributed by atoms with Gasteiger partial charge in [-0.3, -0.25) is 14.5 Å². The van der Waals surface area contributed by atoms with Crippen molar-refractivity contribution in [2.24, 2.45) is 0 Å². The van der Waals surface area contributed by atoms with Gasteiger partial charge >= 0.3 is 5.97 Å². The number of phenolic OH excluding ortho intramolecular Hbond substituents is 1. The summed E-state index contributed by atoms with van der Waals surface area (Å²) in [5.74, 6) is -1.84. The van der Waals surface area contributed by atoms with E-state index in [1.807, 2.05) is 0 Å². The van der Waals surface area contributed by atoms with Gasteiger partial charge in [0, 0.05) is 5.56 Å². The third-order valence-corrected chi connectivity index (χ3v) is 4.73. The van der Waals surface area contributed by atoms with E-state index >= 15 is 0 Å². The van der Waals surface area contributed by atoms with Crippen LogP contribution in [0.2, 0.25) is 0 Å². The van der Waals surface area contributed by atoms with Crippen LogP contribution in [0.3, 0.4) is 0 Å². The van der Waals surface area contributed by atoms with Crippen LogP contribution in [-0.4, -0.2) is 34.9 Å². The molecule has 0 fully saturated rings. The first kappa shape index (κ1) is 16.8. The molecule has 0 spiro atoms. The van der Waals surface area contributed by atoms with Crippen molar-refractivity contribution >= 4 is 28.6 Å². The van der Waals surface area contributed by atoms with Crippen molar-refractivity contribution in [1.82, 2.24) is 4.90 Å². The summed E-state index contributed by atoms with van der Waals surface area (Å²) in [5, 5.41) is 12.0. The maximum absolute atomic E-state index is 12.7. The van der Waals surface area contributed by atoms with Crippen LogP contribution in [0.25, 0.3) is 10.8 Å². The Morgan fingerprint density at radius 2 is 1.59 bits per heavy atom. The minimum atomic E-state index is -0.693. The molecule has 0 radical (unpaired) electrons. The zero-order chi connectivity index (χ0) is 19.1. The van der Waals surface area contributed by atoms with E-state index < -0.39 is 17.8 Å². The molecule has 0 unspecified atom stereocenters. The van der Waals surface area contributed by atoms with Gasteiger partial charge in [0.25, 0.3) is 11.8 Å². The fraction of sp³-hybridized carbons (Fsp3) is 0.0952. The van der Waals surface area contributed by atoms with E-state index in [2.05, 4.69) is 0 Å². The van der Waals surface area contributed by atoms with E-state index in [1.54, 1.807) is 48.5 Å². The summed E-state index contributed by atoms with van der Waals surface area (Å²) < 4.78 is 4.74. The predicted molar refractivity (Wildman–Crippen MR) is 97.6 cm³/mol. The summed E-state index contributed by atoms with van der Waals surface area (Å²) >= 11 is 0. The van der Waals surface area contributed by atoms with Crippen LogP contribution in [0.1, 0.15) is 36.6 Å². The number of carbonyl (C=O) groups excluding carboxylic acids is 3. The van der Waals surface area contributed by atoms with Crippen LogP contribution in [0, 0.1) is 0 Å². The van der Waals surface area contributed by atoms with Crippen molar-refractivity contribution in [1.29, 1.82) is 0 Å². The number of benzene rings is 3. The number of aromatic hydroxyl groups is 1. The van der Waals surface area contributed by atoms with Gasteiger partial charge in [0.15, 0.2) is 0 Å². The number of amides is 2. The fourth-order valence-corrected chi connectivity index (χ4v) is 3.38. The van der Waals surface area contributed by atoms with Gasteiger partial charge in [-0.1, -0.05) is 36.4 Å². The molecule has 1 heterocycles. The average molecular weight is 361 g/mol. The maximum atomic E-state index is 12.7. The molecule has 0 aliphatic carbocycles. The van der Waals surface area contributed by atoms with Crippen LogP contribution in [0.4, 0.5) is 0 Å². The molecule has 0 saturated heterocycles. The zero-order valence-electron chi connectivity index (χ0n) is 14.4. The lowest BCUT2D eigenvalue weighted by atomic mass is 9.98. The minimum Gasteiger partial charge on any atom is -0.507 e. The van der Waals surface area contributed by atoms with Gasteiger partial charge in [0.1, 0.15) is 11.3 Å². The quantitative estimate of drug-likeness (QED) is 0.572. The first-order valence-electron chi connectivity index (χ1n) is 8.30. The van der Waals surface area contributed by atoms with E-state index in [0.717, 1.165) is 4.90 Å². The monoisotopic (exact) mass is 361 g/mol. The Labute approximate surface area is 154 Å². The first-order chi connectivity index (χ1) is 13.0. The summed E-state index contributed by atoms with van der Waals surface area (Å²) in [6, 6.07) is 15.2. The van der Waals surface area contributed by atoms with Gasteiger partial charge in [-0.15, -0.1) is 0 Å². The molecule has 3 aromatic rings. The van der Waals surface area contributed by atoms with Gasteiger partial charge in [0.05, 0.1) is 24.8 Å². The minimum absolute atomic E-state index is 0.0113. The Morgan fingerprint density at radius 1 is 1.00 bits per heavy atom. The highest BCUT2D eigenvalue weighted by molar-refractivity contribution is 6.21. The van der Waals surface area contributed by atoms with Crippen LogP contribution in [0.15, 0.2) is 54.6 Å². The summed E-state index contributed by atoms with van der Waals surface area (Å²) in [5.41, 5.74) is 0.969. The third kappa shape index (κ3) is 2.54. The second-order valence-electron chi connectivity index (χ2n) is 6.21. The number of imide groups is 1. The number of hydrogen-bond acceptors (Lipinski definition) is 5. The topological polar surface area (TPSA) is 83.9 Å². The second-order valence-corrected chi connectivity index (χ2v) is 6.21. The summed E-state index contributed by atoms with van der Waals surface area (Å²) in [4.78, 5) is 38.5. The Bertz CT molecular complexity index is 1080. The lowest BCUT2D eigenvalue weighted by molar-refractivity contribution is 0.0597. The zero-order valence-corrected chi connectivity index (χ0v) is 14.4. The van der Waals surface area contributed by atoms with E-state index in [-0.39, 0.29) is 17.9 Å². The van der Waals surface area contributed by atoms with E-state index in [0.29, 0.717) is 27.5 Å². The van der Waals surface area contributed by atoms with Crippen molar-refractivity contribution in [3.63, 3.8) is 0 Å². The molecule has 6 heteroatoms. The van der Waals surface area contributed by atoms with Crippen LogP contribution < -0.4 is 0 Å². The SMILES string of the molecule is COC(=O)c1cc2ccccc2c(CN2C(=O)c3ccccc3C2=O)c1O. The molecule has 1 aliphatic rings. The van der Waals surface area contributed by atoms with Crippen molar-refractivity contribution in [2.45, 2.75) is 6.54 Å². The lowest BCUT2D eigenvalue weighted by Crippen LogP contribution is -2.29. The molecule has 134 valence electrons. The number of esters is 1. The predicted octanol–water partition coefficient (Wildman–Crippen LogP) is 3.13. The normalized spacial score (nSPS) is 13.1. The molecule has 0 saturated carbocycles. The lowest BCUT2D eigenvalue weighted by Gasteiger charge is -2.18. The smallest absolute Gasteiger partial charge is 0.341 e. The number of nitrogens with zero attached hydrogens (tertiary/aromatic N) is 1. The Balaban J connectivity index is 1.85. The molecule has 0 aromatic heterocycles. The number of carbonyl (C=O) groups is 3. The van der Waals surface area contributed by atoms with Gasteiger partial charge < -0.3 is 9.84 Å². The van der Waals surface area contributed by atoms with E-state index in [1.165, 1.54) is 13.2 Å². The molecular weight excluding hydrogens is 346 g/mol. The number of hydrogen-bond donors (Lipinski definition) is 1. The van der Waals surface area contributed by atoms with Gasteiger partial charge in [-0.2, -0.15) is 0 Å². The molecule has 1 N–H and O–H groups in total. The molecule has 4 rings (SSSR count). The molecular formula is C21H15NO5. The highest BCUT2D eigenvalue weighted by Crippen LogP contribution is 2.34. The van der Waals surface area contributed by atoms with Crippen molar-refractivity contribution < 1.29 is 24.2 Å². The molecule has 3 aromatic carbocycles. The molecule has 1 aliphatic heterocycles. The number of methoxy groups -OCH3 is 1. The van der Waals surface area contributed by atoms with Crippen LogP contribution in [0.5, 0.6) is 5.75 Å². The average Bonchev–Trinajstić information content (AvgIpc) is 2.94. The largest absolute Gasteiger partial charge is 0.507 e. The highest BCUT2D eigenvalue weighted by Gasteiger charge is 2.36. The summed E-state index contributed by atoms with van der Waals surface area (Å²) in [7, 11) is 1.22. The molecule has 0 atom stereocenters.